The van der Waals surface area contributed by atoms with Crippen LogP contribution in [0.2, 0.25) is 0 Å². The summed E-state index contributed by atoms with van der Waals surface area (Å²) in [6, 6.07) is 9.77. The lowest BCUT2D eigenvalue weighted by Gasteiger charge is -2.11. The first-order valence-corrected chi connectivity index (χ1v) is 7.61. The zero-order valence-corrected chi connectivity index (χ0v) is 11.2. The summed E-state index contributed by atoms with van der Waals surface area (Å²) in [5.74, 6) is 0.486. The van der Waals surface area contributed by atoms with E-state index in [2.05, 4.69) is 5.32 Å². The lowest BCUT2D eigenvalue weighted by Crippen LogP contribution is -2.11. The van der Waals surface area contributed by atoms with Gasteiger partial charge < -0.3 is 14.8 Å². The van der Waals surface area contributed by atoms with Gasteiger partial charge in [-0.2, -0.15) is 0 Å². The Labute approximate surface area is 111 Å². The van der Waals surface area contributed by atoms with Gasteiger partial charge in [0.2, 0.25) is 0 Å². The van der Waals surface area contributed by atoms with Crippen LogP contribution in [0.1, 0.15) is 11.9 Å². The van der Waals surface area contributed by atoms with Crippen LogP contribution >= 0.6 is 0 Å². The molecule has 0 radical (unpaired) electrons. The number of aliphatic hydroxyl groups excluding tert-OH is 1. The summed E-state index contributed by atoms with van der Waals surface area (Å²) in [5, 5.41) is 12.8. The molecule has 0 aliphatic rings. The first-order chi connectivity index (χ1) is 8.97. The van der Waals surface area contributed by atoms with Gasteiger partial charge in [0, 0.05) is 18.5 Å². The topological polar surface area (TPSA) is 79.5 Å². The van der Waals surface area contributed by atoms with Gasteiger partial charge in [-0.25, -0.2) is 8.42 Å². The lowest BCUT2D eigenvalue weighted by atomic mass is 10.2. The van der Waals surface area contributed by atoms with E-state index in [1.54, 1.807) is 24.3 Å². The van der Waals surface area contributed by atoms with E-state index in [9.17, 15) is 13.5 Å². The second-order valence-corrected chi connectivity index (χ2v) is 6.22. The maximum atomic E-state index is 11.3. The van der Waals surface area contributed by atoms with Crippen molar-refractivity contribution in [3.63, 3.8) is 0 Å². The molecule has 0 amide bonds. The van der Waals surface area contributed by atoms with E-state index in [4.69, 9.17) is 4.42 Å². The Morgan fingerprint density at radius 2 is 1.95 bits per heavy atom. The van der Waals surface area contributed by atoms with E-state index in [0.29, 0.717) is 5.76 Å². The third-order valence-corrected chi connectivity index (χ3v) is 3.78. The Kier molecular flexibility index (Phi) is 3.92. The second-order valence-electron chi connectivity index (χ2n) is 4.21. The number of furan rings is 1. The summed E-state index contributed by atoms with van der Waals surface area (Å²) in [4.78, 5) is 0.268. The molecule has 0 aliphatic heterocycles. The van der Waals surface area contributed by atoms with Crippen molar-refractivity contribution in [2.75, 3.05) is 18.1 Å². The van der Waals surface area contributed by atoms with E-state index in [1.165, 1.54) is 18.4 Å². The summed E-state index contributed by atoms with van der Waals surface area (Å²) in [5.41, 5.74) is 0.734. The molecule has 0 saturated carbocycles. The van der Waals surface area contributed by atoms with Crippen LogP contribution in [0.25, 0.3) is 0 Å². The molecule has 0 bridgehead atoms. The normalized spacial score (nSPS) is 13.2. The van der Waals surface area contributed by atoms with Crippen LogP contribution in [-0.4, -0.2) is 26.3 Å². The maximum absolute atomic E-state index is 11.3. The number of aliphatic hydroxyl groups is 1. The van der Waals surface area contributed by atoms with Crippen molar-refractivity contribution in [3.05, 3.63) is 48.4 Å². The summed E-state index contributed by atoms with van der Waals surface area (Å²) in [7, 11) is -3.18. The standard InChI is InChI=1S/C13H15NO4S/c1-19(16,17)11-6-4-10(5-7-11)14-9-12(15)13-3-2-8-18-13/h2-8,12,14-15H,9H2,1H3. The predicted molar refractivity (Wildman–Crippen MR) is 71.7 cm³/mol. The molecule has 6 heteroatoms. The van der Waals surface area contributed by atoms with E-state index >= 15 is 0 Å². The molecule has 2 N–H and O–H groups in total. The molecule has 102 valence electrons. The average Bonchev–Trinajstić information content (AvgIpc) is 2.89. The van der Waals surface area contributed by atoms with Gasteiger partial charge in [0.25, 0.3) is 0 Å². The van der Waals surface area contributed by atoms with Crippen LogP contribution in [0.5, 0.6) is 0 Å². The van der Waals surface area contributed by atoms with Crippen LogP contribution < -0.4 is 5.32 Å². The summed E-state index contributed by atoms with van der Waals surface area (Å²) < 4.78 is 27.7. The maximum Gasteiger partial charge on any atom is 0.175 e. The quantitative estimate of drug-likeness (QED) is 0.874. The van der Waals surface area contributed by atoms with Crippen molar-refractivity contribution in [1.82, 2.24) is 0 Å². The molecular weight excluding hydrogens is 266 g/mol. The summed E-state index contributed by atoms with van der Waals surface area (Å²) >= 11 is 0. The highest BCUT2D eigenvalue weighted by atomic mass is 32.2. The minimum Gasteiger partial charge on any atom is -0.467 e. The van der Waals surface area contributed by atoms with Crippen LogP contribution in [-0.2, 0) is 9.84 Å². The highest BCUT2D eigenvalue weighted by Crippen LogP contribution is 2.17. The molecule has 5 nitrogen and oxygen atoms in total. The molecule has 1 aromatic heterocycles. The molecule has 1 heterocycles. The van der Waals surface area contributed by atoms with E-state index < -0.39 is 15.9 Å². The monoisotopic (exact) mass is 281 g/mol. The Bertz CT molecular complexity index is 617. The van der Waals surface area contributed by atoms with Crippen molar-refractivity contribution < 1.29 is 17.9 Å². The molecule has 19 heavy (non-hydrogen) atoms. The molecule has 0 saturated heterocycles. The van der Waals surface area contributed by atoms with Gasteiger partial charge in [0.15, 0.2) is 9.84 Å². The highest BCUT2D eigenvalue weighted by Gasteiger charge is 2.10. The first kappa shape index (κ1) is 13.6. The fourth-order valence-corrected chi connectivity index (χ4v) is 2.25. The smallest absolute Gasteiger partial charge is 0.175 e. The van der Waals surface area contributed by atoms with Gasteiger partial charge in [-0.15, -0.1) is 0 Å². The number of sulfone groups is 1. The van der Waals surface area contributed by atoms with Gasteiger partial charge in [-0.05, 0) is 36.4 Å². The molecule has 0 aliphatic carbocycles. The molecule has 1 unspecified atom stereocenters. The average molecular weight is 281 g/mol. The zero-order chi connectivity index (χ0) is 13.9. The molecule has 0 spiro atoms. The fourth-order valence-electron chi connectivity index (χ4n) is 1.62. The van der Waals surface area contributed by atoms with Crippen molar-refractivity contribution in [2.24, 2.45) is 0 Å². The summed E-state index contributed by atoms with van der Waals surface area (Å²) in [6.07, 6.45) is 1.92. The Hall–Kier alpha value is -1.79. The molecule has 1 atom stereocenters. The number of nitrogens with one attached hydrogen (secondary N) is 1. The predicted octanol–water partition coefficient (Wildman–Crippen LogP) is 1.83. The Morgan fingerprint density at radius 1 is 1.26 bits per heavy atom. The van der Waals surface area contributed by atoms with Crippen molar-refractivity contribution >= 4 is 15.5 Å². The van der Waals surface area contributed by atoms with E-state index in [0.717, 1.165) is 11.9 Å². The lowest BCUT2D eigenvalue weighted by molar-refractivity contribution is 0.162. The number of rotatable bonds is 5. The fraction of sp³-hybridized carbons (Fsp3) is 0.231. The molecule has 0 fully saturated rings. The molecule has 1 aromatic carbocycles. The van der Waals surface area contributed by atoms with Gasteiger partial charge >= 0.3 is 0 Å². The first-order valence-electron chi connectivity index (χ1n) is 5.72. The number of benzene rings is 1. The third kappa shape index (κ3) is 3.59. The molecule has 2 rings (SSSR count). The van der Waals surface area contributed by atoms with Gasteiger partial charge in [-0.3, -0.25) is 0 Å². The van der Waals surface area contributed by atoms with Gasteiger partial charge in [0.05, 0.1) is 11.2 Å². The zero-order valence-electron chi connectivity index (χ0n) is 10.4. The minimum absolute atomic E-state index is 0.268. The van der Waals surface area contributed by atoms with Crippen molar-refractivity contribution in [2.45, 2.75) is 11.0 Å². The minimum atomic E-state index is -3.18. The number of hydrogen-bond donors (Lipinski definition) is 2. The second kappa shape index (κ2) is 5.46. The Balaban J connectivity index is 1.97. The SMILES string of the molecule is CS(=O)(=O)c1ccc(NCC(O)c2ccco2)cc1. The number of hydrogen-bond acceptors (Lipinski definition) is 5. The van der Waals surface area contributed by atoms with Gasteiger partial charge in [-0.1, -0.05) is 0 Å². The largest absolute Gasteiger partial charge is 0.467 e. The summed E-state index contributed by atoms with van der Waals surface area (Å²) in [6.45, 7) is 0.283. The Morgan fingerprint density at radius 3 is 2.47 bits per heavy atom. The molecular formula is C13H15NO4S. The van der Waals surface area contributed by atoms with Crippen LogP contribution in [0, 0.1) is 0 Å². The van der Waals surface area contributed by atoms with E-state index in [1.807, 2.05) is 0 Å². The van der Waals surface area contributed by atoms with Gasteiger partial charge in [0.1, 0.15) is 11.9 Å². The molecule has 2 aromatic rings. The van der Waals surface area contributed by atoms with E-state index in [-0.39, 0.29) is 11.4 Å². The van der Waals surface area contributed by atoms with Crippen LogP contribution in [0.3, 0.4) is 0 Å². The van der Waals surface area contributed by atoms with Crippen LogP contribution in [0.4, 0.5) is 5.69 Å². The highest BCUT2D eigenvalue weighted by molar-refractivity contribution is 7.90. The third-order valence-electron chi connectivity index (χ3n) is 2.65. The van der Waals surface area contributed by atoms with Crippen molar-refractivity contribution in [1.29, 1.82) is 0 Å². The van der Waals surface area contributed by atoms with Crippen LogP contribution in [0.15, 0.2) is 52.0 Å². The number of anilines is 1. The van der Waals surface area contributed by atoms with Crippen molar-refractivity contribution in [3.8, 4) is 0 Å².